The van der Waals surface area contributed by atoms with Gasteiger partial charge in [0.25, 0.3) is 0 Å². The maximum atomic E-state index is 7.88. The summed E-state index contributed by atoms with van der Waals surface area (Å²) >= 11 is 0. The molecule has 34 heavy (non-hydrogen) atoms. The van der Waals surface area contributed by atoms with Crippen molar-refractivity contribution in [3.05, 3.63) is 18.1 Å². The summed E-state index contributed by atoms with van der Waals surface area (Å²) in [4.78, 5) is 11.9. The summed E-state index contributed by atoms with van der Waals surface area (Å²) in [7, 11) is 1.85. The van der Waals surface area contributed by atoms with Crippen LogP contribution in [-0.4, -0.2) is 76.3 Å². The SMILES string of the molecule is CCCC(C)n1cc(Nc2nc(C=N)c(NC)c(NC3CCC(N4CCOCC4)CC3)n2)cn1.[HH].[HH]. The first-order valence-electron chi connectivity index (χ1n) is 12.6. The van der Waals surface area contributed by atoms with Gasteiger partial charge in [-0.05, 0) is 39.0 Å². The molecule has 1 saturated carbocycles. The van der Waals surface area contributed by atoms with Crippen LogP contribution in [0.3, 0.4) is 0 Å². The fourth-order valence-electron chi connectivity index (χ4n) is 5.03. The van der Waals surface area contributed by atoms with Gasteiger partial charge in [0, 0.05) is 53.5 Å². The molecule has 2 aromatic heterocycles. The van der Waals surface area contributed by atoms with Gasteiger partial charge in [0.15, 0.2) is 5.82 Å². The number of morpholine rings is 1. The van der Waals surface area contributed by atoms with Crippen LogP contribution in [0.1, 0.15) is 67.0 Å². The average Bonchev–Trinajstić information content (AvgIpc) is 3.33. The second kappa shape index (κ2) is 11.6. The van der Waals surface area contributed by atoms with E-state index in [0.29, 0.717) is 29.8 Å². The summed E-state index contributed by atoms with van der Waals surface area (Å²) in [6, 6.07) is 1.34. The highest BCUT2D eigenvalue weighted by atomic mass is 16.5. The van der Waals surface area contributed by atoms with Crippen LogP contribution in [0.25, 0.3) is 0 Å². The second-order valence-corrected chi connectivity index (χ2v) is 9.32. The van der Waals surface area contributed by atoms with Crippen LogP contribution < -0.4 is 16.0 Å². The molecule has 3 heterocycles. The third-order valence-electron chi connectivity index (χ3n) is 6.94. The van der Waals surface area contributed by atoms with Crippen LogP contribution in [0.2, 0.25) is 0 Å². The van der Waals surface area contributed by atoms with Crippen LogP contribution in [-0.2, 0) is 4.74 Å². The molecule has 1 aliphatic heterocycles. The predicted molar refractivity (Wildman–Crippen MR) is 141 cm³/mol. The van der Waals surface area contributed by atoms with Gasteiger partial charge in [-0.3, -0.25) is 9.58 Å². The summed E-state index contributed by atoms with van der Waals surface area (Å²) in [5.41, 5.74) is 2.15. The van der Waals surface area contributed by atoms with Crippen molar-refractivity contribution in [2.45, 2.75) is 70.5 Å². The smallest absolute Gasteiger partial charge is 0.230 e. The molecule has 4 N–H and O–H groups in total. The molecular weight excluding hydrogens is 430 g/mol. The molecule has 1 aliphatic carbocycles. The van der Waals surface area contributed by atoms with Gasteiger partial charge in [0.2, 0.25) is 5.95 Å². The van der Waals surface area contributed by atoms with Gasteiger partial charge in [-0.15, -0.1) is 0 Å². The molecule has 2 aliphatic rings. The molecule has 190 valence electrons. The molecule has 2 aromatic rings. The van der Waals surface area contributed by atoms with Crippen molar-refractivity contribution in [1.82, 2.24) is 24.6 Å². The first kappa shape index (κ1) is 24.4. The molecule has 4 rings (SSSR count). The van der Waals surface area contributed by atoms with Crippen LogP contribution in [0.5, 0.6) is 0 Å². The zero-order chi connectivity index (χ0) is 23.9. The molecule has 0 spiro atoms. The Kier molecular flexibility index (Phi) is 8.34. The summed E-state index contributed by atoms with van der Waals surface area (Å²) in [6.45, 7) is 8.14. The highest BCUT2D eigenvalue weighted by Crippen LogP contribution is 2.30. The Labute approximate surface area is 205 Å². The Bertz CT molecular complexity index is 944. The number of aromatic nitrogens is 4. The van der Waals surface area contributed by atoms with E-state index in [4.69, 9.17) is 15.1 Å². The molecule has 0 amide bonds. The fraction of sp³-hybridized carbons (Fsp3) is 0.667. The minimum absolute atomic E-state index is 0. The number of ether oxygens (including phenoxy) is 1. The first-order valence-corrected chi connectivity index (χ1v) is 12.6. The monoisotopic (exact) mass is 473 g/mol. The molecule has 0 aromatic carbocycles. The first-order chi connectivity index (χ1) is 16.6. The van der Waals surface area contributed by atoms with Gasteiger partial charge in [-0.25, -0.2) is 4.98 Å². The topological polar surface area (TPSA) is 116 Å². The Morgan fingerprint density at radius 2 is 2.00 bits per heavy atom. The van der Waals surface area contributed by atoms with E-state index in [0.717, 1.165) is 69.2 Å². The van der Waals surface area contributed by atoms with E-state index < -0.39 is 0 Å². The lowest BCUT2D eigenvalue weighted by Crippen LogP contribution is -2.46. The van der Waals surface area contributed by atoms with E-state index >= 15 is 0 Å². The summed E-state index contributed by atoms with van der Waals surface area (Å²) in [6.07, 6.45) is 11.8. The zero-order valence-electron chi connectivity index (χ0n) is 20.7. The minimum atomic E-state index is 0. The number of hydrogen-bond acceptors (Lipinski definition) is 9. The number of nitrogens with zero attached hydrogens (tertiary/aromatic N) is 5. The fourth-order valence-corrected chi connectivity index (χ4v) is 5.03. The van der Waals surface area contributed by atoms with Gasteiger partial charge in [-0.2, -0.15) is 10.1 Å². The lowest BCUT2D eigenvalue weighted by molar-refractivity contribution is 0.00791. The Morgan fingerprint density at radius 3 is 2.68 bits per heavy atom. The quantitative estimate of drug-likeness (QED) is 0.376. The standard InChI is InChI=1S/C24H39N9O.2H2/c1-4-5-17(2)33-16-19(15-27-33)29-24-30-21(14-25)22(26-3)23(31-24)28-18-6-8-20(9-7-18)32-10-12-34-13-11-32;;/h14-18,20,25-26H,4-13H2,1-3H3,(H2,28,29,30,31);2*1H. The van der Waals surface area contributed by atoms with E-state index in [1.165, 1.54) is 19.1 Å². The largest absolute Gasteiger partial charge is 0.383 e. The van der Waals surface area contributed by atoms with E-state index in [1.807, 2.05) is 17.9 Å². The normalized spacial score (nSPS) is 22.2. The third-order valence-corrected chi connectivity index (χ3v) is 6.94. The van der Waals surface area contributed by atoms with Crippen LogP contribution >= 0.6 is 0 Å². The van der Waals surface area contributed by atoms with Gasteiger partial charge < -0.3 is 26.1 Å². The van der Waals surface area contributed by atoms with Gasteiger partial charge in [0.1, 0.15) is 11.4 Å². The van der Waals surface area contributed by atoms with E-state index in [2.05, 4.69) is 44.8 Å². The van der Waals surface area contributed by atoms with Crippen LogP contribution in [0.4, 0.5) is 23.1 Å². The van der Waals surface area contributed by atoms with E-state index in [9.17, 15) is 0 Å². The van der Waals surface area contributed by atoms with Crippen molar-refractivity contribution in [2.24, 2.45) is 0 Å². The molecule has 0 bridgehead atoms. The Balaban J connectivity index is 0.00000228. The lowest BCUT2D eigenvalue weighted by atomic mass is 9.90. The van der Waals surface area contributed by atoms with Crippen molar-refractivity contribution >= 4 is 29.4 Å². The molecule has 1 unspecified atom stereocenters. The van der Waals surface area contributed by atoms with Gasteiger partial charge in [0.05, 0.1) is 25.1 Å². The maximum absolute atomic E-state index is 7.88. The third kappa shape index (κ3) is 5.85. The van der Waals surface area contributed by atoms with E-state index in [-0.39, 0.29) is 2.85 Å². The van der Waals surface area contributed by atoms with Crippen LogP contribution in [0.15, 0.2) is 12.4 Å². The summed E-state index contributed by atoms with van der Waals surface area (Å²) < 4.78 is 7.48. The Hall–Kier alpha value is -2.72. The predicted octanol–water partition coefficient (Wildman–Crippen LogP) is 4.36. The number of anilines is 4. The number of nitrogens with one attached hydrogen (secondary N) is 4. The molecule has 0 radical (unpaired) electrons. The molecular formula is C24H43N9O. The molecule has 2 fully saturated rings. The summed E-state index contributed by atoms with van der Waals surface area (Å²) in [5, 5.41) is 22.5. The lowest BCUT2D eigenvalue weighted by Gasteiger charge is -2.39. The van der Waals surface area contributed by atoms with Gasteiger partial charge >= 0.3 is 0 Å². The number of hydrogen-bond donors (Lipinski definition) is 4. The van der Waals surface area contributed by atoms with Crippen molar-refractivity contribution in [3.8, 4) is 0 Å². The highest BCUT2D eigenvalue weighted by Gasteiger charge is 2.28. The van der Waals surface area contributed by atoms with Crippen molar-refractivity contribution in [3.63, 3.8) is 0 Å². The molecule has 1 atom stereocenters. The van der Waals surface area contributed by atoms with Gasteiger partial charge in [-0.1, -0.05) is 13.3 Å². The highest BCUT2D eigenvalue weighted by molar-refractivity contribution is 5.88. The minimum Gasteiger partial charge on any atom is -0.383 e. The summed E-state index contributed by atoms with van der Waals surface area (Å²) in [5.74, 6) is 1.20. The Morgan fingerprint density at radius 1 is 1.24 bits per heavy atom. The zero-order valence-corrected chi connectivity index (χ0v) is 20.7. The van der Waals surface area contributed by atoms with Crippen molar-refractivity contribution in [2.75, 3.05) is 49.3 Å². The van der Waals surface area contributed by atoms with Crippen molar-refractivity contribution < 1.29 is 7.59 Å². The molecule has 1 saturated heterocycles. The average molecular weight is 474 g/mol. The molecule has 10 heteroatoms. The van der Waals surface area contributed by atoms with Crippen LogP contribution in [0, 0.1) is 5.41 Å². The molecule has 10 nitrogen and oxygen atoms in total. The number of rotatable bonds is 10. The maximum Gasteiger partial charge on any atom is 0.230 e. The second-order valence-electron chi connectivity index (χ2n) is 9.32. The van der Waals surface area contributed by atoms with Crippen molar-refractivity contribution in [1.29, 1.82) is 5.41 Å². The van der Waals surface area contributed by atoms with E-state index in [1.54, 1.807) is 6.20 Å².